The number of nitrogens with two attached hydrogens (primary N) is 1. The highest BCUT2D eigenvalue weighted by Gasteiger charge is 2.25. The van der Waals surface area contributed by atoms with E-state index in [0.29, 0.717) is 13.0 Å². The van der Waals surface area contributed by atoms with E-state index in [2.05, 4.69) is 4.98 Å². The molecule has 0 aromatic carbocycles. The number of carbonyl (C=O) groups excluding carboxylic acids is 1. The summed E-state index contributed by atoms with van der Waals surface area (Å²) >= 11 is 0. The lowest BCUT2D eigenvalue weighted by molar-refractivity contribution is -0.132. The highest BCUT2D eigenvalue weighted by molar-refractivity contribution is 5.76. The summed E-state index contributed by atoms with van der Waals surface area (Å²) in [7, 11) is 0. The number of amides is 1. The van der Waals surface area contributed by atoms with Crippen LogP contribution in [-0.4, -0.2) is 22.3 Å². The predicted molar refractivity (Wildman–Crippen MR) is 71.2 cm³/mol. The fourth-order valence-electron chi connectivity index (χ4n) is 3.21. The molecule has 19 heavy (non-hydrogen) atoms. The standard InChI is InChI=1S/C14H21N3O2/c15-14-16-11-7-8-17(9-12(11)19-14)13(18)6-5-10-3-1-2-4-10/h10H,1-9H2,(H2,15,16). The van der Waals surface area contributed by atoms with Gasteiger partial charge in [0.1, 0.15) is 5.76 Å². The molecule has 1 saturated carbocycles. The van der Waals surface area contributed by atoms with Crippen LogP contribution in [-0.2, 0) is 17.8 Å². The van der Waals surface area contributed by atoms with E-state index in [9.17, 15) is 4.79 Å². The number of hydrogen-bond acceptors (Lipinski definition) is 4. The fraction of sp³-hybridized carbons (Fsp3) is 0.714. The van der Waals surface area contributed by atoms with Crippen molar-refractivity contribution in [3.8, 4) is 0 Å². The molecule has 5 heteroatoms. The Morgan fingerprint density at radius 3 is 3.00 bits per heavy atom. The second-order valence-electron chi connectivity index (χ2n) is 5.68. The lowest BCUT2D eigenvalue weighted by Crippen LogP contribution is -2.35. The zero-order valence-corrected chi connectivity index (χ0v) is 11.2. The summed E-state index contributed by atoms with van der Waals surface area (Å²) in [6, 6.07) is 0.213. The van der Waals surface area contributed by atoms with Crippen molar-refractivity contribution in [2.24, 2.45) is 5.92 Å². The molecular weight excluding hydrogens is 242 g/mol. The van der Waals surface area contributed by atoms with Gasteiger partial charge in [-0.15, -0.1) is 0 Å². The lowest BCUT2D eigenvalue weighted by atomic mass is 10.0. The second-order valence-corrected chi connectivity index (χ2v) is 5.68. The van der Waals surface area contributed by atoms with Crippen molar-refractivity contribution in [1.82, 2.24) is 9.88 Å². The number of nitrogens with zero attached hydrogens (tertiary/aromatic N) is 2. The van der Waals surface area contributed by atoms with Gasteiger partial charge in [-0.3, -0.25) is 4.79 Å². The second kappa shape index (κ2) is 5.23. The molecule has 0 radical (unpaired) electrons. The van der Waals surface area contributed by atoms with Crippen LogP contribution in [0.4, 0.5) is 6.01 Å². The smallest absolute Gasteiger partial charge is 0.292 e. The van der Waals surface area contributed by atoms with Crippen molar-refractivity contribution in [1.29, 1.82) is 0 Å². The Bertz CT molecular complexity index is 463. The molecule has 0 bridgehead atoms. The number of fused-ring (bicyclic) bond motifs is 1. The van der Waals surface area contributed by atoms with Crippen molar-refractivity contribution >= 4 is 11.9 Å². The molecule has 0 atom stereocenters. The quantitative estimate of drug-likeness (QED) is 0.906. The van der Waals surface area contributed by atoms with Gasteiger partial charge in [-0.1, -0.05) is 25.7 Å². The summed E-state index contributed by atoms with van der Waals surface area (Å²) in [5, 5.41) is 0. The summed E-state index contributed by atoms with van der Waals surface area (Å²) in [6.07, 6.45) is 7.74. The summed E-state index contributed by atoms with van der Waals surface area (Å²) in [5.41, 5.74) is 6.45. The Balaban J connectivity index is 1.53. The first-order valence-corrected chi connectivity index (χ1v) is 7.24. The third kappa shape index (κ3) is 2.74. The van der Waals surface area contributed by atoms with Gasteiger partial charge in [-0.2, -0.15) is 4.98 Å². The predicted octanol–water partition coefficient (Wildman–Crippen LogP) is 2.11. The molecular formula is C14H21N3O2. The van der Waals surface area contributed by atoms with Crippen molar-refractivity contribution in [3.05, 3.63) is 11.5 Å². The van der Waals surface area contributed by atoms with Crippen LogP contribution in [0.5, 0.6) is 0 Å². The van der Waals surface area contributed by atoms with E-state index in [1.165, 1.54) is 25.7 Å². The fourth-order valence-corrected chi connectivity index (χ4v) is 3.21. The molecule has 0 spiro atoms. The van der Waals surface area contributed by atoms with Gasteiger partial charge in [-0.05, 0) is 12.3 Å². The molecule has 0 unspecified atom stereocenters. The maximum atomic E-state index is 12.2. The summed E-state index contributed by atoms with van der Waals surface area (Å²) < 4.78 is 5.34. The summed E-state index contributed by atoms with van der Waals surface area (Å²) in [5.74, 6) is 1.77. The third-order valence-corrected chi connectivity index (χ3v) is 4.34. The van der Waals surface area contributed by atoms with E-state index in [1.807, 2.05) is 4.90 Å². The van der Waals surface area contributed by atoms with E-state index in [0.717, 1.165) is 36.8 Å². The molecule has 1 aliphatic carbocycles. The minimum absolute atomic E-state index is 0.213. The topological polar surface area (TPSA) is 72.4 Å². The zero-order valence-electron chi connectivity index (χ0n) is 11.2. The van der Waals surface area contributed by atoms with Crippen LogP contribution in [0, 0.1) is 5.92 Å². The minimum atomic E-state index is 0.213. The zero-order chi connectivity index (χ0) is 13.2. The number of nitrogen functional groups attached to an aromatic ring is 1. The molecule has 2 heterocycles. The van der Waals surface area contributed by atoms with E-state index in [4.69, 9.17) is 10.2 Å². The number of rotatable bonds is 3. The van der Waals surface area contributed by atoms with E-state index in [-0.39, 0.29) is 11.9 Å². The number of carbonyl (C=O) groups is 1. The normalized spacial score (nSPS) is 19.7. The maximum Gasteiger partial charge on any atom is 0.292 e. The number of anilines is 1. The first-order valence-electron chi connectivity index (χ1n) is 7.24. The third-order valence-electron chi connectivity index (χ3n) is 4.34. The number of hydrogen-bond donors (Lipinski definition) is 1. The van der Waals surface area contributed by atoms with Gasteiger partial charge in [-0.25, -0.2) is 0 Å². The molecule has 2 N–H and O–H groups in total. The van der Waals surface area contributed by atoms with E-state index < -0.39 is 0 Å². The molecule has 1 fully saturated rings. The Kier molecular flexibility index (Phi) is 3.44. The van der Waals surface area contributed by atoms with Crippen LogP contribution in [0.2, 0.25) is 0 Å². The number of aromatic nitrogens is 1. The van der Waals surface area contributed by atoms with Crippen LogP contribution in [0.3, 0.4) is 0 Å². The van der Waals surface area contributed by atoms with Crippen LogP contribution in [0.25, 0.3) is 0 Å². The Hall–Kier alpha value is -1.52. The average molecular weight is 263 g/mol. The average Bonchev–Trinajstić information content (AvgIpc) is 3.02. The highest BCUT2D eigenvalue weighted by atomic mass is 16.4. The lowest BCUT2D eigenvalue weighted by Gasteiger charge is -2.25. The molecule has 5 nitrogen and oxygen atoms in total. The Labute approximate surface area is 113 Å². The van der Waals surface area contributed by atoms with Gasteiger partial charge in [0.15, 0.2) is 0 Å². The largest absolute Gasteiger partial charge is 0.427 e. The minimum Gasteiger partial charge on any atom is -0.427 e. The number of oxazole rings is 1. The molecule has 2 aliphatic rings. The van der Waals surface area contributed by atoms with Crippen molar-refractivity contribution < 1.29 is 9.21 Å². The molecule has 104 valence electrons. The molecule has 3 rings (SSSR count). The molecule has 1 aromatic heterocycles. The first kappa shape index (κ1) is 12.5. The van der Waals surface area contributed by atoms with E-state index in [1.54, 1.807) is 0 Å². The van der Waals surface area contributed by atoms with Crippen molar-refractivity contribution in [2.45, 2.75) is 51.5 Å². The van der Waals surface area contributed by atoms with Crippen molar-refractivity contribution in [3.63, 3.8) is 0 Å². The monoisotopic (exact) mass is 263 g/mol. The van der Waals surface area contributed by atoms with Crippen molar-refractivity contribution in [2.75, 3.05) is 12.3 Å². The first-order chi connectivity index (χ1) is 9.22. The maximum absolute atomic E-state index is 12.2. The van der Waals surface area contributed by atoms with Crippen LogP contribution in [0.15, 0.2) is 4.42 Å². The van der Waals surface area contributed by atoms with Gasteiger partial charge in [0.25, 0.3) is 6.01 Å². The Morgan fingerprint density at radius 2 is 2.21 bits per heavy atom. The molecule has 1 amide bonds. The summed E-state index contributed by atoms with van der Waals surface area (Å²) in [6.45, 7) is 1.27. The van der Waals surface area contributed by atoms with E-state index >= 15 is 0 Å². The van der Waals surface area contributed by atoms with Gasteiger partial charge in [0.05, 0.1) is 12.2 Å². The molecule has 0 saturated heterocycles. The SMILES string of the molecule is Nc1nc2c(o1)CN(C(=O)CCC1CCCC1)CC2. The highest BCUT2D eigenvalue weighted by Crippen LogP contribution is 2.29. The van der Waals surface area contributed by atoms with Crippen LogP contribution in [0.1, 0.15) is 50.0 Å². The Morgan fingerprint density at radius 1 is 1.42 bits per heavy atom. The van der Waals surface area contributed by atoms with Gasteiger partial charge < -0.3 is 15.1 Å². The van der Waals surface area contributed by atoms with Gasteiger partial charge >= 0.3 is 0 Å². The van der Waals surface area contributed by atoms with Crippen LogP contribution < -0.4 is 5.73 Å². The van der Waals surface area contributed by atoms with Gasteiger partial charge in [0, 0.05) is 19.4 Å². The summed E-state index contributed by atoms with van der Waals surface area (Å²) in [4.78, 5) is 18.2. The van der Waals surface area contributed by atoms with Crippen LogP contribution >= 0.6 is 0 Å². The van der Waals surface area contributed by atoms with Gasteiger partial charge in [0.2, 0.25) is 5.91 Å². The molecule has 1 aliphatic heterocycles. The molecule has 1 aromatic rings.